The van der Waals surface area contributed by atoms with Gasteiger partial charge in [-0.15, -0.1) is 11.3 Å². The number of hydrogen-bond donors (Lipinski definition) is 0. The first kappa shape index (κ1) is 16.7. The van der Waals surface area contributed by atoms with Crippen LogP contribution in [0.4, 0.5) is 0 Å². The third kappa shape index (κ3) is 3.06. The van der Waals surface area contributed by atoms with Gasteiger partial charge in [0.1, 0.15) is 16.5 Å². The Morgan fingerprint density at radius 2 is 1.96 bits per heavy atom. The molecule has 0 aliphatic rings. The lowest BCUT2D eigenvalue weighted by molar-refractivity contribution is 0.400. The lowest BCUT2D eigenvalue weighted by Gasteiger charge is -2.04. The maximum atomic E-state index is 5.48. The predicted octanol–water partition coefficient (Wildman–Crippen LogP) is 5.79. The smallest absolute Gasteiger partial charge is 0.143 e. The van der Waals surface area contributed by atoms with Gasteiger partial charge in [-0.3, -0.25) is 4.98 Å². The van der Waals surface area contributed by atoms with E-state index in [1.54, 1.807) is 11.3 Å². The molecule has 0 spiro atoms. The molecule has 1 aromatic carbocycles. The van der Waals surface area contributed by atoms with E-state index in [2.05, 4.69) is 28.5 Å². The molecular formula is C21H19N3OS. The molecule has 4 nitrogen and oxygen atoms in total. The number of rotatable bonds is 5. The lowest BCUT2D eigenvalue weighted by atomic mass is 10.0. The van der Waals surface area contributed by atoms with Crippen molar-refractivity contribution in [2.24, 2.45) is 0 Å². The van der Waals surface area contributed by atoms with Gasteiger partial charge in [0, 0.05) is 28.9 Å². The van der Waals surface area contributed by atoms with Crippen LogP contribution in [-0.4, -0.2) is 15.1 Å². The van der Waals surface area contributed by atoms with Crippen LogP contribution in [0, 0.1) is 6.92 Å². The van der Waals surface area contributed by atoms with E-state index >= 15 is 0 Å². The standard InChI is InChI=1S/C21H19N3OS/c1-3-7-15-10-11-22-12-17(15)21-23-18(13-26-21)19-14(2)25-24-20(19)16-8-5-4-6-9-16/h4-6,8-13H,3,7H2,1-2H3. The second-order valence-corrected chi connectivity index (χ2v) is 7.01. The molecule has 0 amide bonds. The molecule has 3 aromatic heterocycles. The summed E-state index contributed by atoms with van der Waals surface area (Å²) in [6.07, 6.45) is 5.87. The molecule has 0 fully saturated rings. The molecule has 4 rings (SSSR count). The summed E-state index contributed by atoms with van der Waals surface area (Å²) in [4.78, 5) is 9.19. The first-order chi connectivity index (χ1) is 12.8. The second-order valence-electron chi connectivity index (χ2n) is 6.15. The van der Waals surface area contributed by atoms with E-state index in [9.17, 15) is 0 Å². The van der Waals surface area contributed by atoms with Crippen molar-refractivity contribution >= 4 is 11.3 Å². The predicted molar refractivity (Wildman–Crippen MR) is 105 cm³/mol. The first-order valence-corrected chi connectivity index (χ1v) is 9.56. The minimum Gasteiger partial charge on any atom is -0.360 e. The highest BCUT2D eigenvalue weighted by atomic mass is 32.1. The maximum Gasteiger partial charge on any atom is 0.143 e. The normalized spacial score (nSPS) is 11.0. The quantitative estimate of drug-likeness (QED) is 0.451. The maximum absolute atomic E-state index is 5.48. The Bertz CT molecular complexity index is 1020. The van der Waals surface area contributed by atoms with E-state index < -0.39 is 0 Å². The van der Waals surface area contributed by atoms with Crippen LogP contribution in [0.2, 0.25) is 0 Å². The molecule has 0 radical (unpaired) electrons. The highest BCUT2D eigenvalue weighted by molar-refractivity contribution is 7.13. The molecule has 0 unspecified atom stereocenters. The number of aryl methyl sites for hydroxylation is 2. The summed E-state index contributed by atoms with van der Waals surface area (Å²) in [5.74, 6) is 0.778. The minimum atomic E-state index is 0.778. The summed E-state index contributed by atoms with van der Waals surface area (Å²) >= 11 is 1.63. The third-order valence-electron chi connectivity index (χ3n) is 4.33. The van der Waals surface area contributed by atoms with Gasteiger partial charge in [0.25, 0.3) is 0 Å². The number of hydrogen-bond acceptors (Lipinski definition) is 5. The van der Waals surface area contributed by atoms with Crippen molar-refractivity contribution < 1.29 is 4.52 Å². The molecule has 0 saturated carbocycles. The Morgan fingerprint density at radius 1 is 1.12 bits per heavy atom. The van der Waals surface area contributed by atoms with Crippen LogP contribution in [0.1, 0.15) is 24.7 Å². The van der Waals surface area contributed by atoms with Crippen LogP contribution in [-0.2, 0) is 6.42 Å². The summed E-state index contributed by atoms with van der Waals surface area (Å²) in [7, 11) is 0. The molecular weight excluding hydrogens is 342 g/mol. The van der Waals surface area contributed by atoms with Crippen LogP contribution < -0.4 is 0 Å². The first-order valence-electron chi connectivity index (χ1n) is 8.68. The van der Waals surface area contributed by atoms with Crippen LogP contribution in [0.5, 0.6) is 0 Å². The third-order valence-corrected chi connectivity index (χ3v) is 5.21. The Kier molecular flexibility index (Phi) is 4.63. The van der Waals surface area contributed by atoms with E-state index in [-0.39, 0.29) is 0 Å². The molecule has 26 heavy (non-hydrogen) atoms. The van der Waals surface area contributed by atoms with E-state index in [1.807, 2.05) is 49.6 Å². The zero-order valence-corrected chi connectivity index (χ0v) is 15.6. The molecule has 0 atom stereocenters. The van der Waals surface area contributed by atoms with Crippen LogP contribution >= 0.6 is 11.3 Å². The summed E-state index contributed by atoms with van der Waals surface area (Å²) in [5, 5.41) is 7.32. The summed E-state index contributed by atoms with van der Waals surface area (Å²) in [6, 6.07) is 12.2. The van der Waals surface area contributed by atoms with Gasteiger partial charge in [-0.2, -0.15) is 0 Å². The molecule has 0 N–H and O–H groups in total. The average Bonchev–Trinajstić information content (AvgIpc) is 3.30. The molecule has 0 aliphatic carbocycles. The zero-order chi connectivity index (χ0) is 17.9. The van der Waals surface area contributed by atoms with Crippen molar-refractivity contribution in [2.45, 2.75) is 26.7 Å². The van der Waals surface area contributed by atoms with Gasteiger partial charge in [0.15, 0.2) is 0 Å². The number of pyridine rings is 1. The van der Waals surface area contributed by atoms with E-state index in [4.69, 9.17) is 9.51 Å². The van der Waals surface area contributed by atoms with E-state index in [1.165, 1.54) is 5.56 Å². The van der Waals surface area contributed by atoms with Crippen molar-refractivity contribution in [1.82, 2.24) is 15.1 Å². The second kappa shape index (κ2) is 7.22. The van der Waals surface area contributed by atoms with Crippen LogP contribution in [0.15, 0.2) is 58.7 Å². The Labute approximate surface area is 156 Å². The summed E-state index contributed by atoms with van der Waals surface area (Å²) in [5.41, 5.74) is 6.12. The summed E-state index contributed by atoms with van der Waals surface area (Å²) < 4.78 is 5.48. The van der Waals surface area contributed by atoms with Crippen molar-refractivity contribution in [3.8, 4) is 33.1 Å². The molecule has 0 bridgehead atoms. The fraction of sp³-hybridized carbons (Fsp3) is 0.190. The largest absolute Gasteiger partial charge is 0.360 e. The molecule has 0 saturated heterocycles. The Hall–Kier alpha value is -2.79. The van der Waals surface area contributed by atoms with Gasteiger partial charge < -0.3 is 4.52 Å². The fourth-order valence-corrected chi connectivity index (χ4v) is 3.94. The van der Waals surface area contributed by atoms with Crippen molar-refractivity contribution in [3.63, 3.8) is 0 Å². The SMILES string of the molecule is CCCc1ccncc1-c1nc(-c2c(-c3ccccc3)noc2C)cs1. The number of nitrogens with zero attached hydrogens (tertiary/aromatic N) is 3. The topological polar surface area (TPSA) is 51.8 Å². The molecule has 130 valence electrons. The van der Waals surface area contributed by atoms with Gasteiger partial charge >= 0.3 is 0 Å². The van der Waals surface area contributed by atoms with Gasteiger partial charge in [0.05, 0.1) is 11.3 Å². The monoisotopic (exact) mass is 361 g/mol. The highest BCUT2D eigenvalue weighted by Crippen LogP contribution is 2.37. The van der Waals surface area contributed by atoms with Gasteiger partial charge in [-0.1, -0.05) is 48.8 Å². The van der Waals surface area contributed by atoms with Gasteiger partial charge in [-0.25, -0.2) is 4.98 Å². The number of aromatic nitrogens is 3. The molecule has 3 heterocycles. The van der Waals surface area contributed by atoms with Gasteiger partial charge in [-0.05, 0) is 25.0 Å². The number of benzene rings is 1. The average molecular weight is 361 g/mol. The van der Waals surface area contributed by atoms with Crippen LogP contribution in [0.3, 0.4) is 0 Å². The Morgan fingerprint density at radius 3 is 2.77 bits per heavy atom. The van der Waals surface area contributed by atoms with Crippen molar-refractivity contribution in [1.29, 1.82) is 0 Å². The molecule has 0 aliphatic heterocycles. The van der Waals surface area contributed by atoms with Gasteiger partial charge in [0.2, 0.25) is 0 Å². The summed E-state index contributed by atoms with van der Waals surface area (Å²) in [6.45, 7) is 4.12. The van der Waals surface area contributed by atoms with Crippen LogP contribution in [0.25, 0.3) is 33.1 Å². The minimum absolute atomic E-state index is 0.778. The molecule has 4 aromatic rings. The highest BCUT2D eigenvalue weighted by Gasteiger charge is 2.20. The fourth-order valence-electron chi connectivity index (χ4n) is 3.08. The van der Waals surface area contributed by atoms with Crippen molar-refractivity contribution in [2.75, 3.05) is 0 Å². The van der Waals surface area contributed by atoms with E-state index in [0.717, 1.165) is 51.7 Å². The molecule has 5 heteroatoms. The lowest BCUT2D eigenvalue weighted by Crippen LogP contribution is -1.90. The van der Waals surface area contributed by atoms with E-state index in [0.29, 0.717) is 0 Å². The Balaban J connectivity index is 1.78. The zero-order valence-electron chi connectivity index (χ0n) is 14.8. The number of thiazole rings is 1. The van der Waals surface area contributed by atoms with Crippen molar-refractivity contribution in [3.05, 3.63) is 65.5 Å².